The topological polar surface area (TPSA) is 123 Å². The van der Waals surface area contributed by atoms with Crippen molar-refractivity contribution in [3.05, 3.63) is 29.3 Å². The number of primary amides is 1. The Morgan fingerprint density at radius 3 is 2.36 bits per heavy atom. The highest BCUT2D eigenvalue weighted by Gasteiger charge is 2.19. The summed E-state index contributed by atoms with van der Waals surface area (Å²) in [7, 11) is 0. The number of hydrazine groups is 1. The number of aryl methyl sites for hydroxylation is 2. The van der Waals surface area contributed by atoms with E-state index >= 15 is 0 Å². The summed E-state index contributed by atoms with van der Waals surface area (Å²) in [5, 5.41) is 2.34. The molecule has 4 amide bonds. The summed E-state index contributed by atoms with van der Waals surface area (Å²) in [5.74, 6) is 0.164. The van der Waals surface area contributed by atoms with E-state index < -0.39 is 23.9 Å². The van der Waals surface area contributed by atoms with Gasteiger partial charge in [-0.1, -0.05) is 6.07 Å². The third kappa shape index (κ3) is 8.30. The van der Waals surface area contributed by atoms with Crippen LogP contribution in [0.25, 0.3) is 0 Å². The first-order chi connectivity index (χ1) is 11.8. The largest absolute Gasteiger partial charge is 0.484 e. The minimum absolute atomic E-state index is 0.248. The zero-order valence-corrected chi connectivity index (χ0v) is 15.4. The average Bonchev–Trinajstić information content (AvgIpc) is 2.53. The molecule has 0 saturated heterocycles. The number of amides is 4. The maximum atomic E-state index is 12.0. The molecule has 5 N–H and O–H groups in total. The van der Waals surface area contributed by atoms with Crippen LogP contribution in [0.3, 0.4) is 0 Å². The second-order valence-electron chi connectivity index (χ2n) is 5.49. The second kappa shape index (κ2) is 10.4. The van der Waals surface area contributed by atoms with Gasteiger partial charge >= 0.3 is 6.03 Å². The lowest BCUT2D eigenvalue weighted by molar-refractivity contribution is -0.130. The fraction of sp³-hybridized carbons (Fsp3) is 0.438. The molecule has 0 aromatic heterocycles. The number of nitrogens with two attached hydrogens (primary N) is 1. The van der Waals surface area contributed by atoms with Crippen LogP contribution in [0.15, 0.2) is 18.2 Å². The maximum Gasteiger partial charge on any atom is 0.312 e. The summed E-state index contributed by atoms with van der Waals surface area (Å²) >= 11 is 1.53. The zero-order chi connectivity index (χ0) is 18.8. The van der Waals surface area contributed by atoms with E-state index in [9.17, 15) is 14.4 Å². The second-order valence-corrected chi connectivity index (χ2v) is 6.48. The first kappa shape index (κ1) is 20.6. The number of thioether (sulfide) groups is 1. The molecule has 0 fully saturated rings. The zero-order valence-electron chi connectivity index (χ0n) is 14.5. The summed E-state index contributed by atoms with van der Waals surface area (Å²) in [6, 6.07) is 4.01. The molecular weight excluding hydrogens is 344 g/mol. The third-order valence-corrected chi connectivity index (χ3v) is 3.78. The molecule has 0 bridgehead atoms. The van der Waals surface area contributed by atoms with E-state index in [1.165, 1.54) is 11.8 Å². The number of rotatable bonds is 8. The van der Waals surface area contributed by atoms with E-state index in [1.54, 1.807) is 0 Å². The number of ether oxygens (including phenoxy) is 1. The molecule has 1 atom stereocenters. The van der Waals surface area contributed by atoms with Gasteiger partial charge < -0.3 is 15.8 Å². The SMILES string of the molecule is CSCC[C@@H](NC(N)=O)C(=O)NNC(=O)COc1cc(C)cc(C)c1. The predicted molar refractivity (Wildman–Crippen MR) is 97.2 cm³/mol. The van der Waals surface area contributed by atoms with Crippen molar-refractivity contribution < 1.29 is 19.1 Å². The number of nitrogens with one attached hydrogen (secondary N) is 3. The van der Waals surface area contributed by atoms with Gasteiger partial charge in [-0.3, -0.25) is 20.4 Å². The molecule has 0 aliphatic rings. The molecule has 25 heavy (non-hydrogen) atoms. The van der Waals surface area contributed by atoms with Gasteiger partial charge in [-0.05, 0) is 55.5 Å². The summed E-state index contributed by atoms with van der Waals surface area (Å²) < 4.78 is 5.40. The Bertz CT molecular complexity index is 604. The molecule has 0 aliphatic heterocycles. The molecule has 1 rings (SSSR count). The van der Waals surface area contributed by atoms with Gasteiger partial charge in [0.05, 0.1) is 0 Å². The van der Waals surface area contributed by atoms with Crippen LogP contribution in [0, 0.1) is 13.8 Å². The van der Waals surface area contributed by atoms with Gasteiger partial charge in [0.2, 0.25) is 0 Å². The van der Waals surface area contributed by atoms with Crippen LogP contribution < -0.4 is 26.6 Å². The molecule has 9 heteroatoms. The van der Waals surface area contributed by atoms with Crippen LogP contribution in [0.4, 0.5) is 4.79 Å². The number of carbonyl (C=O) groups is 3. The fourth-order valence-corrected chi connectivity index (χ4v) is 2.57. The molecule has 8 nitrogen and oxygen atoms in total. The molecule has 1 aromatic carbocycles. The van der Waals surface area contributed by atoms with Crippen molar-refractivity contribution in [2.24, 2.45) is 5.73 Å². The van der Waals surface area contributed by atoms with Gasteiger partial charge in [0.1, 0.15) is 11.8 Å². The highest BCUT2D eigenvalue weighted by atomic mass is 32.2. The van der Waals surface area contributed by atoms with Crippen molar-refractivity contribution in [2.75, 3.05) is 18.6 Å². The Balaban J connectivity index is 2.45. The van der Waals surface area contributed by atoms with Crippen molar-refractivity contribution in [3.63, 3.8) is 0 Å². The lowest BCUT2D eigenvalue weighted by atomic mass is 10.1. The molecule has 0 heterocycles. The maximum absolute atomic E-state index is 12.0. The van der Waals surface area contributed by atoms with Crippen LogP contribution in [-0.4, -0.2) is 42.5 Å². The van der Waals surface area contributed by atoms with E-state index in [0.717, 1.165) is 11.1 Å². The molecule has 0 saturated carbocycles. The number of hydrogen-bond donors (Lipinski definition) is 4. The number of urea groups is 1. The summed E-state index contributed by atoms with van der Waals surface area (Å²) in [4.78, 5) is 34.7. The van der Waals surface area contributed by atoms with Crippen LogP contribution in [-0.2, 0) is 9.59 Å². The van der Waals surface area contributed by atoms with Gasteiger partial charge in [0.15, 0.2) is 6.61 Å². The van der Waals surface area contributed by atoms with Crippen molar-refractivity contribution in [1.29, 1.82) is 0 Å². The van der Waals surface area contributed by atoms with Gasteiger partial charge in [0.25, 0.3) is 11.8 Å². The van der Waals surface area contributed by atoms with Crippen LogP contribution in [0.2, 0.25) is 0 Å². The van der Waals surface area contributed by atoms with Crippen LogP contribution >= 0.6 is 11.8 Å². The first-order valence-corrected chi connectivity index (χ1v) is 9.06. The molecule has 138 valence electrons. The smallest absolute Gasteiger partial charge is 0.312 e. The van der Waals surface area contributed by atoms with Crippen molar-refractivity contribution in [1.82, 2.24) is 16.2 Å². The van der Waals surface area contributed by atoms with Gasteiger partial charge in [-0.15, -0.1) is 0 Å². The molecular formula is C16H24N4O4S. The minimum Gasteiger partial charge on any atom is -0.484 e. The summed E-state index contributed by atoms with van der Waals surface area (Å²) in [6.45, 7) is 3.61. The van der Waals surface area contributed by atoms with Gasteiger partial charge in [-0.2, -0.15) is 11.8 Å². The van der Waals surface area contributed by atoms with Crippen molar-refractivity contribution in [2.45, 2.75) is 26.3 Å². The predicted octanol–water partition coefficient (Wildman–Crippen LogP) is 0.620. The minimum atomic E-state index is -0.814. The number of benzene rings is 1. The lowest BCUT2D eigenvalue weighted by Crippen LogP contribution is -2.54. The average molecular weight is 368 g/mol. The lowest BCUT2D eigenvalue weighted by Gasteiger charge is -2.17. The highest BCUT2D eigenvalue weighted by Crippen LogP contribution is 2.15. The summed E-state index contributed by atoms with van der Waals surface area (Å²) in [6.07, 6.45) is 2.27. The van der Waals surface area contributed by atoms with Crippen LogP contribution in [0.1, 0.15) is 17.5 Å². The Hall–Kier alpha value is -2.42. The van der Waals surface area contributed by atoms with Crippen molar-refractivity contribution >= 4 is 29.6 Å². The Kier molecular flexibility index (Phi) is 8.62. The Morgan fingerprint density at radius 2 is 1.80 bits per heavy atom. The third-order valence-electron chi connectivity index (χ3n) is 3.13. The van der Waals surface area contributed by atoms with Gasteiger partial charge in [0, 0.05) is 0 Å². The van der Waals surface area contributed by atoms with E-state index in [-0.39, 0.29) is 6.61 Å². The standard InChI is InChI=1S/C16H24N4O4S/c1-10-6-11(2)8-12(7-10)24-9-14(21)19-20-15(22)13(4-5-25-3)18-16(17)23/h6-8,13H,4-5,9H2,1-3H3,(H,19,21)(H,20,22)(H3,17,18,23)/t13-/m1/s1. The van der Waals surface area contributed by atoms with Gasteiger partial charge in [-0.25, -0.2) is 4.79 Å². The molecule has 0 aliphatic carbocycles. The normalized spacial score (nSPS) is 11.3. The Morgan fingerprint density at radius 1 is 1.16 bits per heavy atom. The molecule has 0 radical (unpaired) electrons. The van der Waals surface area contributed by atoms with Crippen LogP contribution in [0.5, 0.6) is 5.75 Å². The Labute approximate surface area is 151 Å². The van der Waals surface area contributed by atoms with E-state index in [0.29, 0.717) is 17.9 Å². The van der Waals surface area contributed by atoms with E-state index in [2.05, 4.69) is 16.2 Å². The highest BCUT2D eigenvalue weighted by molar-refractivity contribution is 7.98. The number of carbonyl (C=O) groups excluding carboxylic acids is 3. The summed E-state index contributed by atoms with van der Waals surface area (Å²) in [5.41, 5.74) is 11.6. The molecule has 1 aromatic rings. The first-order valence-electron chi connectivity index (χ1n) is 7.66. The number of hydrogen-bond acceptors (Lipinski definition) is 5. The molecule has 0 spiro atoms. The fourth-order valence-electron chi connectivity index (χ4n) is 2.10. The van der Waals surface area contributed by atoms with E-state index in [1.807, 2.05) is 38.3 Å². The van der Waals surface area contributed by atoms with Crippen molar-refractivity contribution in [3.8, 4) is 5.75 Å². The monoisotopic (exact) mass is 368 g/mol. The van der Waals surface area contributed by atoms with E-state index in [4.69, 9.17) is 10.5 Å². The quantitative estimate of drug-likeness (QED) is 0.501. The molecule has 0 unspecified atom stereocenters.